The zero-order valence-corrected chi connectivity index (χ0v) is 25.5. The minimum absolute atomic E-state index is 0.00185. The quantitative estimate of drug-likeness (QED) is 0.262. The van der Waals surface area contributed by atoms with Crippen molar-refractivity contribution in [2.75, 3.05) is 51.2 Å². The summed E-state index contributed by atoms with van der Waals surface area (Å²) in [6.45, 7) is 3.82. The molecule has 0 atom stereocenters. The Morgan fingerprint density at radius 3 is 2.29 bits per heavy atom. The Hall–Kier alpha value is -3.26. The van der Waals surface area contributed by atoms with Crippen LogP contribution in [-0.4, -0.2) is 74.0 Å². The van der Waals surface area contributed by atoms with Crippen molar-refractivity contribution in [2.45, 2.75) is 38.1 Å². The smallest absolute Gasteiger partial charge is 0.242 e. The summed E-state index contributed by atoms with van der Waals surface area (Å²) < 4.78 is 6.20. The Labute approximate surface area is 258 Å². The highest BCUT2D eigenvalue weighted by Crippen LogP contribution is 2.35. The number of nitrogens with zero attached hydrogens (tertiary/aromatic N) is 3. The van der Waals surface area contributed by atoms with Gasteiger partial charge < -0.3 is 24.8 Å². The van der Waals surface area contributed by atoms with E-state index in [0.29, 0.717) is 33.8 Å². The van der Waals surface area contributed by atoms with Crippen LogP contribution in [0, 0.1) is 0 Å². The molecule has 3 aromatic carbocycles. The van der Waals surface area contributed by atoms with E-state index in [9.17, 15) is 9.59 Å². The molecule has 5 rings (SSSR count). The lowest BCUT2D eigenvalue weighted by Crippen LogP contribution is -2.47. The number of carbonyl (C=O) groups excluding carboxylic acids is 2. The molecule has 42 heavy (non-hydrogen) atoms. The van der Waals surface area contributed by atoms with Crippen LogP contribution in [0.2, 0.25) is 10.0 Å². The minimum atomic E-state index is -0.155. The Morgan fingerprint density at radius 2 is 1.60 bits per heavy atom. The van der Waals surface area contributed by atoms with Crippen molar-refractivity contribution < 1.29 is 14.3 Å². The molecule has 1 aliphatic heterocycles. The molecule has 1 N–H and O–H groups in total. The molecule has 2 amide bonds. The lowest BCUT2D eigenvalue weighted by molar-refractivity contribution is -0.130. The van der Waals surface area contributed by atoms with E-state index in [1.54, 1.807) is 47.4 Å². The van der Waals surface area contributed by atoms with Gasteiger partial charge in [-0.05, 0) is 105 Å². The monoisotopic (exact) mass is 608 g/mol. The van der Waals surface area contributed by atoms with Gasteiger partial charge in [0.2, 0.25) is 11.8 Å². The van der Waals surface area contributed by atoms with Crippen LogP contribution < -0.4 is 15.0 Å². The molecular formula is C33H38Cl2N4O3. The van der Waals surface area contributed by atoms with Crippen molar-refractivity contribution in [2.24, 2.45) is 0 Å². The molecule has 0 bridgehead atoms. The molecule has 2 aliphatic rings. The number of anilines is 1. The third-order valence-electron chi connectivity index (χ3n) is 8.11. The maximum Gasteiger partial charge on any atom is 0.242 e. The molecule has 3 aromatic rings. The lowest BCUT2D eigenvalue weighted by Gasteiger charge is -2.30. The molecule has 1 saturated heterocycles. The highest BCUT2D eigenvalue weighted by Gasteiger charge is 2.29. The van der Waals surface area contributed by atoms with E-state index in [1.807, 2.05) is 24.1 Å². The second kappa shape index (κ2) is 14.3. The standard InChI is InChI=1S/C33H38Cl2N4O3/c1-37(28-19-24-7-2-3-8-25(24)20-28)33(41)23-39(22-32(40)36-15-6-18-38-16-4-5-17-38)30-21-27(35)11-14-31(30)42-29-12-9-26(34)10-13-29/h2-3,7-14,21,28H,4-6,15-20,22-23H2,1H3,(H,36,40). The first-order chi connectivity index (χ1) is 20.4. The van der Waals surface area contributed by atoms with Crippen molar-refractivity contribution in [3.05, 3.63) is 87.9 Å². The second-order valence-corrected chi connectivity index (χ2v) is 12.0. The Balaban J connectivity index is 1.31. The number of carbonyl (C=O) groups is 2. The molecular weight excluding hydrogens is 571 g/mol. The molecule has 0 radical (unpaired) electrons. The molecule has 222 valence electrons. The fourth-order valence-corrected chi connectivity index (χ4v) is 6.03. The van der Waals surface area contributed by atoms with E-state index in [2.05, 4.69) is 22.3 Å². The summed E-state index contributed by atoms with van der Waals surface area (Å²) in [5.74, 6) is 0.846. The van der Waals surface area contributed by atoms with Gasteiger partial charge in [0, 0.05) is 29.7 Å². The number of ether oxygens (including phenoxy) is 1. The number of nitrogens with one attached hydrogen (secondary N) is 1. The van der Waals surface area contributed by atoms with E-state index in [0.717, 1.165) is 38.9 Å². The molecule has 1 aliphatic carbocycles. The fraction of sp³-hybridized carbons (Fsp3) is 0.394. The van der Waals surface area contributed by atoms with Crippen molar-refractivity contribution in [3.63, 3.8) is 0 Å². The first-order valence-electron chi connectivity index (χ1n) is 14.6. The maximum absolute atomic E-state index is 13.7. The summed E-state index contributed by atoms with van der Waals surface area (Å²) in [6, 6.07) is 20.7. The average Bonchev–Trinajstić information content (AvgIpc) is 3.67. The van der Waals surface area contributed by atoms with Gasteiger partial charge in [-0.3, -0.25) is 9.59 Å². The topological polar surface area (TPSA) is 65.1 Å². The molecule has 0 unspecified atom stereocenters. The van der Waals surface area contributed by atoms with Gasteiger partial charge in [0.05, 0.1) is 18.8 Å². The predicted octanol–water partition coefficient (Wildman–Crippen LogP) is 5.82. The summed E-state index contributed by atoms with van der Waals surface area (Å²) in [6.07, 6.45) is 5.02. The van der Waals surface area contributed by atoms with E-state index >= 15 is 0 Å². The van der Waals surface area contributed by atoms with Crippen molar-refractivity contribution >= 4 is 40.7 Å². The van der Waals surface area contributed by atoms with E-state index in [-0.39, 0.29) is 30.9 Å². The fourth-order valence-electron chi connectivity index (χ4n) is 5.73. The first-order valence-corrected chi connectivity index (χ1v) is 15.4. The zero-order valence-electron chi connectivity index (χ0n) is 24.0. The van der Waals surface area contributed by atoms with Crippen LogP contribution in [0.1, 0.15) is 30.4 Å². The summed E-state index contributed by atoms with van der Waals surface area (Å²) >= 11 is 12.5. The number of halogens is 2. The molecule has 1 heterocycles. The van der Waals surface area contributed by atoms with Gasteiger partial charge in [0.15, 0.2) is 5.75 Å². The SMILES string of the molecule is CN(C(=O)CN(CC(=O)NCCCN1CCCC1)c1cc(Cl)ccc1Oc1ccc(Cl)cc1)C1Cc2ccccc2C1. The highest BCUT2D eigenvalue weighted by atomic mass is 35.5. The Kier molecular flexibility index (Phi) is 10.3. The largest absolute Gasteiger partial charge is 0.455 e. The third-order valence-corrected chi connectivity index (χ3v) is 8.59. The van der Waals surface area contributed by atoms with Crippen LogP contribution in [0.15, 0.2) is 66.7 Å². The van der Waals surface area contributed by atoms with Gasteiger partial charge in [-0.1, -0.05) is 47.5 Å². The number of fused-ring (bicyclic) bond motifs is 1. The van der Waals surface area contributed by atoms with E-state index in [4.69, 9.17) is 27.9 Å². The number of likely N-dealkylation sites (tertiary alicyclic amines) is 1. The number of hydrogen-bond acceptors (Lipinski definition) is 5. The Bertz CT molecular complexity index is 1350. The number of likely N-dealkylation sites (N-methyl/N-ethyl adjacent to an activating group) is 1. The summed E-state index contributed by atoms with van der Waals surface area (Å²) in [5.41, 5.74) is 3.13. The normalized spacial score (nSPS) is 14.9. The molecule has 1 fully saturated rings. The number of hydrogen-bond donors (Lipinski definition) is 1. The third kappa shape index (κ3) is 7.97. The van der Waals surface area contributed by atoms with E-state index < -0.39 is 0 Å². The van der Waals surface area contributed by atoms with Crippen LogP contribution in [0.4, 0.5) is 5.69 Å². The lowest BCUT2D eigenvalue weighted by atomic mass is 10.1. The highest BCUT2D eigenvalue weighted by molar-refractivity contribution is 6.31. The molecule has 0 aromatic heterocycles. The van der Waals surface area contributed by atoms with Crippen molar-refractivity contribution in [3.8, 4) is 11.5 Å². The zero-order chi connectivity index (χ0) is 29.5. The van der Waals surface area contributed by atoms with Gasteiger partial charge in [0.25, 0.3) is 0 Å². The Morgan fingerprint density at radius 1 is 0.929 bits per heavy atom. The van der Waals surface area contributed by atoms with Crippen LogP contribution in [-0.2, 0) is 22.4 Å². The molecule has 0 spiro atoms. The van der Waals surface area contributed by atoms with Gasteiger partial charge in [-0.15, -0.1) is 0 Å². The van der Waals surface area contributed by atoms with Crippen molar-refractivity contribution in [1.29, 1.82) is 0 Å². The van der Waals surface area contributed by atoms with Gasteiger partial charge in [0.1, 0.15) is 5.75 Å². The number of amides is 2. The average molecular weight is 610 g/mol. The van der Waals surface area contributed by atoms with Crippen LogP contribution in [0.5, 0.6) is 11.5 Å². The molecule has 0 saturated carbocycles. The van der Waals surface area contributed by atoms with Gasteiger partial charge >= 0.3 is 0 Å². The molecule has 9 heteroatoms. The number of rotatable bonds is 12. The minimum Gasteiger partial charge on any atom is -0.455 e. The van der Waals surface area contributed by atoms with E-state index in [1.165, 1.54) is 24.0 Å². The van der Waals surface area contributed by atoms with Crippen LogP contribution in [0.3, 0.4) is 0 Å². The number of benzene rings is 3. The van der Waals surface area contributed by atoms with Gasteiger partial charge in [-0.2, -0.15) is 0 Å². The van der Waals surface area contributed by atoms with Crippen LogP contribution in [0.25, 0.3) is 0 Å². The van der Waals surface area contributed by atoms with Gasteiger partial charge in [-0.25, -0.2) is 0 Å². The maximum atomic E-state index is 13.7. The summed E-state index contributed by atoms with van der Waals surface area (Å²) in [7, 11) is 1.85. The molecule has 7 nitrogen and oxygen atoms in total. The summed E-state index contributed by atoms with van der Waals surface area (Å²) in [5, 5.41) is 4.13. The second-order valence-electron chi connectivity index (χ2n) is 11.1. The van der Waals surface area contributed by atoms with Crippen LogP contribution >= 0.6 is 23.2 Å². The first kappa shape index (κ1) is 30.2. The summed E-state index contributed by atoms with van der Waals surface area (Å²) in [4.78, 5) is 32.9. The predicted molar refractivity (Wildman–Crippen MR) is 169 cm³/mol. The van der Waals surface area contributed by atoms with Crippen molar-refractivity contribution in [1.82, 2.24) is 15.1 Å².